The van der Waals surface area contributed by atoms with Crippen LogP contribution in [0, 0.1) is 0 Å². The molecule has 0 aliphatic rings. The first-order valence-electron chi connectivity index (χ1n) is 3.20. The van der Waals surface area contributed by atoms with Gasteiger partial charge in [0, 0.05) is 19.8 Å². The lowest BCUT2D eigenvalue weighted by Gasteiger charge is -2.08. The van der Waals surface area contributed by atoms with Crippen molar-refractivity contribution in [2.75, 3.05) is 13.6 Å². The van der Waals surface area contributed by atoms with E-state index < -0.39 is 0 Å². The molecule has 10 heavy (non-hydrogen) atoms. The van der Waals surface area contributed by atoms with Crippen molar-refractivity contribution < 1.29 is 0 Å². The molecule has 1 N–H and O–H groups in total. The molecular weight excluding hydrogens is 259 g/mol. The van der Waals surface area contributed by atoms with Crippen molar-refractivity contribution in [3.05, 3.63) is 11.2 Å². The van der Waals surface area contributed by atoms with Crippen LogP contribution in [0.2, 0.25) is 0 Å². The first-order valence-corrected chi connectivity index (χ1v) is 4.61. The van der Waals surface area contributed by atoms with Crippen LogP contribution in [0.25, 0.3) is 0 Å². The monoisotopic (exact) mass is 272 g/mol. The summed E-state index contributed by atoms with van der Waals surface area (Å²) in [6.07, 6.45) is 3.04. The minimum absolute atomic E-state index is 0.939. The van der Waals surface area contributed by atoms with Crippen LogP contribution in [0.5, 0.6) is 0 Å². The molecule has 0 bridgehead atoms. The molecular formula is C6H13IN2S. The van der Waals surface area contributed by atoms with Crippen molar-refractivity contribution in [2.24, 2.45) is 0 Å². The number of nitrogens with zero attached hydrogens (tertiary/aromatic N) is 1. The van der Waals surface area contributed by atoms with Gasteiger partial charge in [-0.15, -0.1) is 12.6 Å². The molecule has 0 atom stereocenters. The second kappa shape index (κ2) is 6.15. The van der Waals surface area contributed by atoms with Crippen LogP contribution >= 0.6 is 35.5 Å². The van der Waals surface area contributed by atoms with Crippen molar-refractivity contribution in [3.8, 4) is 0 Å². The molecule has 60 valence electrons. The summed E-state index contributed by atoms with van der Waals surface area (Å²) >= 11 is 6.38. The van der Waals surface area contributed by atoms with Crippen molar-refractivity contribution in [2.45, 2.75) is 13.3 Å². The van der Waals surface area contributed by atoms with E-state index in [2.05, 4.69) is 47.7 Å². The molecule has 0 aliphatic carbocycles. The quantitative estimate of drug-likeness (QED) is 0.352. The highest BCUT2D eigenvalue weighted by atomic mass is 127. The van der Waals surface area contributed by atoms with Crippen molar-refractivity contribution in [3.63, 3.8) is 0 Å². The number of thiol groups is 1. The van der Waals surface area contributed by atoms with Gasteiger partial charge < -0.3 is 8.43 Å². The van der Waals surface area contributed by atoms with Crippen LogP contribution in [0.1, 0.15) is 13.3 Å². The molecule has 0 amide bonds. The minimum Gasteiger partial charge on any atom is -0.389 e. The Kier molecular flexibility index (Phi) is 6.41. The van der Waals surface area contributed by atoms with Gasteiger partial charge in [0.1, 0.15) is 0 Å². The highest BCUT2D eigenvalue weighted by Crippen LogP contribution is 2.09. The fraction of sp³-hybridized carbons (Fsp3) is 0.667. The second-order valence-electron chi connectivity index (χ2n) is 1.93. The highest BCUT2D eigenvalue weighted by molar-refractivity contribution is 14.1. The average molecular weight is 272 g/mol. The summed E-state index contributed by atoms with van der Waals surface area (Å²) in [6, 6.07) is 0. The number of nitrogens with one attached hydrogen (secondary N) is 1. The van der Waals surface area contributed by atoms with Gasteiger partial charge in [-0.25, -0.2) is 0 Å². The Morgan fingerprint density at radius 2 is 2.40 bits per heavy atom. The van der Waals surface area contributed by atoms with Crippen LogP contribution in [-0.2, 0) is 0 Å². The molecule has 0 rings (SSSR count). The molecule has 0 spiro atoms. The van der Waals surface area contributed by atoms with Gasteiger partial charge in [-0.2, -0.15) is 0 Å². The lowest BCUT2D eigenvalue weighted by atomic mass is 10.5. The zero-order valence-corrected chi connectivity index (χ0v) is 9.32. The van der Waals surface area contributed by atoms with Gasteiger partial charge in [-0.1, -0.05) is 6.92 Å². The Labute approximate surface area is 82.0 Å². The van der Waals surface area contributed by atoms with E-state index in [0.717, 1.165) is 18.0 Å². The summed E-state index contributed by atoms with van der Waals surface area (Å²) in [6.45, 7) is 3.14. The van der Waals surface area contributed by atoms with E-state index >= 15 is 0 Å². The third-order valence-corrected chi connectivity index (χ3v) is 2.27. The fourth-order valence-corrected chi connectivity index (χ4v) is 0.627. The maximum absolute atomic E-state index is 4.21. The lowest BCUT2D eigenvalue weighted by Crippen LogP contribution is -2.09. The zero-order valence-electron chi connectivity index (χ0n) is 6.26. The van der Waals surface area contributed by atoms with E-state index in [9.17, 15) is 0 Å². The van der Waals surface area contributed by atoms with Crippen molar-refractivity contribution >= 4 is 35.5 Å². The Balaban J connectivity index is 3.48. The predicted molar refractivity (Wildman–Crippen MR) is 57.1 cm³/mol. The van der Waals surface area contributed by atoms with Gasteiger partial charge in [0.25, 0.3) is 0 Å². The number of halogens is 1. The standard InChI is InChI=1S/C6H13IN2S/c1-3-4-8-5-6(10)9(2)7/h5,8,10H,3-4H2,1-2H3/b6-5-. The summed E-state index contributed by atoms with van der Waals surface area (Å²) in [5.41, 5.74) is 0. The topological polar surface area (TPSA) is 15.3 Å². The molecule has 0 aromatic rings. The number of hydrogen-bond donors (Lipinski definition) is 2. The minimum atomic E-state index is 0.939. The fourth-order valence-electron chi connectivity index (χ4n) is 0.397. The normalized spacial score (nSPS) is 11.4. The maximum Gasteiger partial charge on any atom is 0.0921 e. The van der Waals surface area contributed by atoms with Gasteiger partial charge in [-0.05, 0) is 6.42 Å². The summed E-state index contributed by atoms with van der Waals surface area (Å²) in [7, 11) is 1.95. The molecule has 0 heterocycles. The smallest absolute Gasteiger partial charge is 0.0921 e. The molecule has 0 aliphatic heterocycles. The first-order chi connectivity index (χ1) is 4.68. The maximum atomic E-state index is 4.21. The number of hydrogen-bond acceptors (Lipinski definition) is 3. The van der Waals surface area contributed by atoms with Gasteiger partial charge in [-0.3, -0.25) is 0 Å². The highest BCUT2D eigenvalue weighted by Gasteiger charge is 1.90. The summed E-state index contributed by atoms with van der Waals surface area (Å²) in [4.78, 5) is 0. The van der Waals surface area contributed by atoms with Gasteiger partial charge in [0.15, 0.2) is 0 Å². The summed E-state index contributed by atoms with van der Waals surface area (Å²) in [5.74, 6) is 0. The predicted octanol–water partition coefficient (Wildman–Crippen LogP) is 2.00. The van der Waals surface area contributed by atoms with E-state index in [1.807, 2.05) is 16.4 Å². The van der Waals surface area contributed by atoms with Gasteiger partial charge in [0.2, 0.25) is 0 Å². The Morgan fingerprint density at radius 3 is 2.80 bits per heavy atom. The van der Waals surface area contributed by atoms with E-state index in [1.54, 1.807) is 0 Å². The van der Waals surface area contributed by atoms with Crippen LogP contribution in [0.4, 0.5) is 0 Å². The molecule has 2 nitrogen and oxygen atoms in total. The molecule has 0 saturated heterocycles. The van der Waals surface area contributed by atoms with E-state index in [1.165, 1.54) is 0 Å². The van der Waals surface area contributed by atoms with E-state index in [4.69, 9.17) is 0 Å². The number of rotatable bonds is 4. The molecule has 0 saturated carbocycles. The van der Waals surface area contributed by atoms with Gasteiger partial charge in [0.05, 0.1) is 27.9 Å². The molecule has 0 unspecified atom stereocenters. The van der Waals surface area contributed by atoms with Gasteiger partial charge >= 0.3 is 0 Å². The first kappa shape index (κ1) is 10.4. The molecule has 0 aromatic heterocycles. The third-order valence-electron chi connectivity index (χ3n) is 0.941. The van der Waals surface area contributed by atoms with Crippen molar-refractivity contribution in [1.82, 2.24) is 8.43 Å². The van der Waals surface area contributed by atoms with E-state index in [0.29, 0.717) is 0 Å². The molecule has 4 heteroatoms. The Morgan fingerprint density at radius 1 is 1.80 bits per heavy atom. The Bertz CT molecular complexity index is 114. The molecule has 0 fully saturated rings. The second-order valence-corrected chi connectivity index (χ2v) is 3.84. The molecule has 0 aromatic carbocycles. The summed E-state index contributed by atoms with van der Waals surface area (Å²) in [5, 5.41) is 4.07. The SMILES string of the molecule is CCCN/C=C(\S)N(C)I. The largest absolute Gasteiger partial charge is 0.389 e. The molecule has 0 radical (unpaired) electrons. The van der Waals surface area contributed by atoms with E-state index in [-0.39, 0.29) is 0 Å². The van der Waals surface area contributed by atoms with Crippen LogP contribution in [-0.4, -0.2) is 16.7 Å². The average Bonchev–Trinajstić information content (AvgIpc) is 1.88. The van der Waals surface area contributed by atoms with Crippen molar-refractivity contribution in [1.29, 1.82) is 0 Å². The van der Waals surface area contributed by atoms with Crippen LogP contribution in [0.15, 0.2) is 11.2 Å². The third kappa shape index (κ3) is 5.22. The zero-order chi connectivity index (χ0) is 7.98. The lowest BCUT2D eigenvalue weighted by molar-refractivity contribution is 0.764. The summed E-state index contributed by atoms with van der Waals surface area (Å²) < 4.78 is 1.92. The van der Waals surface area contributed by atoms with Crippen LogP contribution in [0.3, 0.4) is 0 Å². The Hall–Kier alpha value is 0.420. The van der Waals surface area contributed by atoms with Crippen LogP contribution < -0.4 is 5.32 Å².